The third-order valence-electron chi connectivity index (χ3n) is 3.61. The van der Waals surface area contributed by atoms with Gasteiger partial charge in [-0.25, -0.2) is 0 Å². The van der Waals surface area contributed by atoms with Gasteiger partial charge in [0.15, 0.2) is 5.78 Å². The van der Waals surface area contributed by atoms with Gasteiger partial charge in [0.2, 0.25) is 0 Å². The predicted octanol–water partition coefficient (Wildman–Crippen LogP) is 4.00. The molecule has 0 saturated carbocycles. The molecule has 2 N–H and O–H groups in total. The Morgan fingerprint density at radius 2 is 1.91 bits per heavy atom. The van der Waals surface area contributed by atoms with Gasteiger partial charge in [0, 0.05) is 29.1 Å². The highest BCUT2D eigenvalue weighted by molar-refractivity contribution is 7.80. The van der Waals surface area contributed by atoms with Crippen molar-refractivity contribution in [3.05, 3.63) is 46.0 Å². The quantitative estimate of drug-likeness (QED) is 0.202. The average molecular weight is 318 g/mol. The zero-order valence-corrected chi connectivity index (χ0v) is 13.0. The number of carbonyl (C=O) groups is 1. The first-order chi connectivity index (χ1) is 10.5. The van der Waals surface area contributed by atoms with E-state index >= 15 is 0 Å². The highest BCUT2D eigenvalue weighted by atomic mass is 32.1. The summed E-state index contributed by atoms with van der Waals surface area (Å²) < 4.78 is 0. The molecule has 2 rings (SSSR count). The monoisotopic (exact) mass is 318 g/mol. The minimum atomic E-state index is -0.444. The van der Waals surface area contributed by atoms with Crippen LogP contribution in [0.25, 0.3) is 10.8 Å². The summed E-state index contributed by atoms with van der Waals surface area (Å²) in [7, 11) is 0. The third-order valence-corrected chi connectivity index (χ3v) is 3.92. The van der Waals surface area contributed by atoms with E-state index in [1.54, 1.807) is 18.2 Å². The lowest BCUT2D eigenvalue weighted by Crippen LogP contribution is -2.00. The molecule has 116 valence electrons. The average Bonchev–Trinajstić information content (AvgIpc) is 2.51. The molecular weight excluding hydrogens is 300 g/mol. The van der Waals surface area contributed by atoms with Crippen molar-refractivity contribution < 1.29 is 9.72 Å². The van der Waals surface area contributed by atoms with Crippen LogP contribution in [0, 0.1) is 10.1 Å². The molecule has 5 nitrogen and oxygen atoms in total. The van der Waals surface area contributed by atoms with Gasteiger partial charge in [0.25, 0.3) is 5.69 Å². The number of nitrogens with zero attached hydrogens (tertiary/aromatic N) is 1. The van der Waals surface area contributed by atoms with E-state index < -0.39 is 4.92 Å². The molecule has 0 radical (unpaired) electrons. The molecule has 0 bridgehead atoms. The first kappa shape index (κ1) is 16.3. The predicted molar refractivity (Wildman–Crippen MR) is 91.7 cm³/mol. The fraction of sp³-hybridized carbons (Fsp3) is 0.312. The maximum atomic E-state index is 12.2. The van der Waals surface area contributed by atoms with E-state index in [9.17, 15) is 14.9 Å². The molecule has 0 aliphatic carbocycles. The molecule has 22 heavy (non-hydrogen) atoms. The van der Waals surface area contributed by atoms with Crippen LogP contribution in [-0.4, -0.2) is 16.5 Å². The topological polar surface area (TPSA) is 86.2 Å². The number of carbonyl (C=O) groups excluding carboxylic acids is 1. The Hall–Kier alpha value is -2.08. The second kappa shape index (κ2) is 7.26. The number of nitro benzene ring substituents is 1. The van der Waals surface area contributed by atoms with Crippen molar-refractivity contribution in [3.63, 3.8) is 0 Å². The fourth-order valence-electron chi connectivity index (χ4n) is 2.41. The highest BCUT2D eigenvalue weighted by Gasteiger charge is 2.15. The summed E-state index contributed by atoms with van der Waals surface area (Å²) in [4.78, 5) is 22.8. The standard InChI is InChI=1S/C16H18N2O3S/c17-14-7-8-15(18(20)21)12-6-5-11(10-13(12)14)16(19)4-2-1-3-9-22/h5-8,10,22H,1-4,9,17H2. The molecule has 0 heterocycles. The molecule has 6 heteroatoms. The van der Waals surface area contributed by atoms with E-state index in [0.717, 1.165) is 25.0 Å². The molecule has 0 amide bonds. The van der Waals surface area contributed by atoms with Crippen molar-refractivity contribution in [1.82, 2.24) is 0 Å². The van der Waals surface area contributed by atoms with Gasteiger partial charge < -0.3 is 5.73 Å². The molecule has 0 unspecified atom stereocenters. The maximum absolute atomic E-state index is 12.2. The van der Waals surface area contributed by atoms with Crippen molar-refractivity contribution in [1.29, 1.82) is 0 Å². The molecule has 0 saturated heterocycles. The lowest BCUT2D eigenvalue weighted by atomic mass is 9.99. The van der Waals surface area contributed by atoms with Crippen LogP contribution in [0.2, 0.25) is 0 Å². The SMILES string of the molecule is Nc1ccc([N+](=O)[O-])c2ccc(C(=O)CCCCCS)cc12. The number of Topliss-reactive ketones (excluding diaryl/α,β-unsaturated/α-hetero) is 1. The number of thiol groups is 1. The summed E-state index contributed by atoms with van der Waals surface area (Å²) in [5.74, 6) is 0.858. The third kappa shape index (κ3) is 3.57. The van der Waals surface area contributed by atoms with Crippen LogP contribution in [0.15, 0.2) is 30.3 Å². The van der Waals surface area contributed by atoms with E-state index in [0.29, 0.717) is 28.4 Å². The number of benzene rings is 2. The van der Waals surface area contributed by atoms with Gasteiger partial charge in [-0.15, -0.1) is 0 Å². The molecule has 0 fully saturated rings. The zero-order chi connectivity index (χ0) is 16.1. The van der Waals surface area contributed by atoms with E-state index in [1.807, 2.05) is 0 Å². The minimum absolute atomic E-state index is 0.00280. The Bertz CT molecular complexity index is 716. The summed E-state index contributed by atoms with van der Waals surface area (Å²) in [6.07, 6.45) is 3.25. The molecule has 0 atom stereocenters. The number of nitrogens with two attached hydrogens (primary N) is 1. The number of fused-ring (bicyclic) bond motifs is 1. The summed E-state index contributed by atoms with van der Waals surface area (Å²) in [5.41, 5.74) is 6.87. The molecule has 2 aromatic rings. The van der Waals surface area contributed by atoms with Crippen LogP contribution >= 0.6 is 12.6 Å². The van der Waals surface area contributed by atoms with Gasteiger partial charge >= 0.3 is 0 Å². The van der Waals surface area contributed by atoms with E-state index in [2.05, 4.69) is 12.6 Å². The van der Waals surface area contributed by atoms with Crippen molar-refractivity contribution in [2.24, 2.45) is 0 Å². The normalized spacial score (nSPS) is 10.8. The summed E-state index contributed by atoms with van der Waals surface area (Å²) in [6.45, 7) is 0. The largest absolute Gasteiger partial charge is 0.398 e. The maximum Gasteiger partial charge on any atom is 0.277 e. The summed E-state index contributed by atoms with van der Waals surface area (Å²) >= 11 is 4.14. The van der Waals surface area contributed by atoms with Crippen molar-refractivity contribution >= 4 is 40.6 Å². The first-order valence-corrected chi connectivity index (χ1v) is 7.78. The van der Waals surface area contributed by atoms with Gasteiger partial charge in [0.1, 0.15) is 0 Å². The van der Waals surface area contributed by atoms with Gasteiger partial charge in [-0.2, -0.15) is 12.6 Å². The molecule has 2 aromatic carbocycles. The van der Waals surface area contributed by atoms with Crippen LogP contribution in [0.3, 0.4) is 0 Å². The van der Waals surface area contributed by atoms with Crippen LogP contribution in [0.1, 0.15) is 36.0 Å². The highest BCUT2D eigenvalue weighted by Crippen LogP contribution is 2.31. The fourth-order valence-corrected chi connectivity index (χ4v) is 2.63. The number of ketones is 1. The van der Waals surface area contributed by atoms with Crippen molar-refractivity contribution in [2.45, 2.75) is 25.7 Å². The number of hydrogen-bond acceptors (Lipinski definition) is 5. The molecule has 0 aliphatic heterocycles. The molecular formula is C16H18N2O3S. The Morgan fingerprint density at radius 3 is 2.59 bits per heavy atom. The first-order valence-electron chi connectivity index (χ1n) is 7.15. The number of nitrogen functional groups attached to an aromatic ring is 1. The summed E-state index contributed by atoms with van der Waals surface area (Å²) in [6, 6.07) is 7.77. The minimum Gasteiger partial charge on any atom is -0.398 e. The lowest BCUT2D eigenvalue weighted by molar-refractivity contribution is -0.383. The smallest absolute Gasteiger partial charge is 0.277 e. The van der Waals surface area contributed by atoms with E-state index in [-0.39, 0.29) is 11.5 Å². The Kier molecular flexibility index (Phi) is 5.38. The summed E-state index contributed by atoms with van der Waals surface area (Å²) in [5, 5.41) is 12.0. The van der Waals surface area contributed by atoms with Crippen LogP contribution in [-0.2, 0) is 0 Å². The number of non-ortho nitro benzene ring substituents is 1. The number of anilines is 1. The van der Waals surface area contributed by atoms with Crippen molar-refractivity contribution in [2.75, 3.05) is 11.5 Å². The lowest BCUT2D eigenvalue weighted by Gasteiger charge is -2.06. The molecule has 0 spiro atoms. The second-order valence-corrected chi connectivity index (χ2v) is 5.60. The van der Waals surface area contributed by atoms with Gasteiger partial charge in [0.05, 0.1) is 10.3 Å². The Balaban J connectivity index is 2.28. The molecule has 0 aromatic heterocycles. The number of unbranched alkanes of at least 4 members (excludes halogenated alkanes) is 2. The van der Waals surface area contributed by atoms with Crippen molar-refractivity contribution in [3.8, 4) is 0 Å². The zero-order valence-electron chi connectivity index (χ0n) is 12.1. The van der Waals surface area contributed by atoms with E-state index in [4.69, 9.17) is 5.73 Å². The van der Waals surface area contributed by atoms with Crippen LogP contribution in [0.5, 0.6) is 0 Å². The van der Waals surface area contributed by atoms with Gasteiger partial charge in [-0.3, -0.25) is 14.9 Å². The van der Waals surface area contributed by atoms with Crippen LogP contribution in [0.4, 0.5) is 11.4 Å². The van der Waals surface area contributed by atoms with Gasteiger partial charge in [-0.05, 0) is 36.8 Å². The Labute approximate surface area is 134 Å². The van der Waals surface area contributed by atoms with Crippen LogP contribution < -0.4 is 5.73 Å². The van der Waals surface area contributed by atoms with E-state index in [1.165, 1.54) is 12.1 Å². The number of hydrogen-bond donors (Lipinski definition) is 2. The van der Waals surface area contributed by atoms with Gasteiger partial charge in [-0.1, -0.05) is 12.5 Å². The molecule has 0 aliphatic rings. The number of rotatable bonds is 7. The number of nitro groups is 1. The second-order valence-electron chi connectivity index (χ2n) is 5.15. The Morgan fingerprint density at radius 1 is 1.14 bits per heavy atom.